The van der Waals surface area contributed by atoms with Crippen molar-refractivity contribution in [1.29, 1.82) is 0 Å². The van der Waals surface area contributed by atoms with Gasteiger partial charge in [0.05, 0.1) is 16.5 Å². The highest BCUT2D eigenvalue weighted by Gasteiger charge is 2.28. The molecule has 144 valence electrons. The molecule has 0 saturated carbocycles. The molecule has 0 fully saturated rings. The summed E-state index contributed by atoms with van der Waals surface area (Å²) in [4.78, 5) is 27.1. The number of rotatable bonds is 7. The molecule has 0 aromatic heterocycles. The summed E-state index contributed by atoms with van der Waals surface area (Å²) in [7, 11) is 1.58. The van der Waals surface area contributed by atoms with Crippen molar-refractivity contribution in [2.45, 2.75) is 39.3 Å². The number of carbonyl (C=O) groups is 2. The lowest BCUT2D eigenvalue weighted by Crippen LogP contribution is -2.48. The van der Waals surface area contributed by atoms with Gasteiger partial charge in [-0.05, 0) is 42.2 Å². The summed E-state index contributed by atoms with van der Waals surface area (Å²) in [6.45, 7) is 4.27. The molecule has 0 spiro atoms. The van der Waals surface area contributed by atoms with Crippen molar-refractivity contribution in [3.05, 3.63) is 69.2 Å². The number of nitrogens with one attached hydrogen (secondary N) is 1. The summed E-state index contributed by atoms with van der Waals surface area (Å²) in [5.41, 5.74) is 2.86. The predicted octanol–water partition coefficient (Wildman–Crippen LogP) is 4.40. The Bertz CT molecular complexity index is 824. The van der Waals surface area contributed by atoms with Gasteiger partial charge in [0.15, 0.2) is 0 Å². The zero-order chi connectivity index (χ0) is 20.0. The van der Waals surface area contributed by atoms with Crippen molar-refractivity contribution in [1.82, 2.24) is 10.2 Å². The fourth-order valence-corrected chi connectivity index (χ4v) is 3.30. The van der Waals surface area contributed by atoms with Crippen LogP contribution in [0.3, 0.4) is 0 Å². The molecule has 2 amide bonds. The number of likely N-dealkylation sites (N-methyl/N-ethyl adjacent to an activating group) is 1. The van der Waals surface area contributed by atoms with Gasteiger partial charge in [0.2, 0.25) is 11.8 Å². The van der Waals surface area contributed by atoms with Gasteiger partial charge in [-0.1, -0.05) is 60.5 Å². The standard InChI is InChI=1S/C21H24Cl2N2O2/c1-4-19(21(27)24-3)25(13-16-8-6-5-7-14(16)2)20(26)12-15-9-10-17(22)18(23)11-15/h5-11,19H,4,12-13H2,1-3H3,(H,24,27)/t19-/m1/s1. The van der Waals surface area contributed by atoms with Crippen molar-refractivity contribution in [3.63, 3.8) is 0 Å². The van der Waals surface area contributed by atoms with E-state index < -0.39 is 6.04 Å². The smallest absolute Gasteiger partial charge is 0.242 e. The Balaban J connectivity index is 2.32. The number of hydrogen-bond donors (Lipinski definition) is 1. The molecule has 0 bridgehead atoms. The lowest BCUT2D eigenvalue weighted by Gasteiger charge is -2.31. The number of halogens is 2. The van der Waals surface area contributed by atoms with Gasteiger partial charge in [-0.2, -0.15) is 0 Å². The van der Waals surface area contributed by atoms with Crippen LogP contribution in [0.5, 0.6) is 0 Å². The molecule has 0 saturated heterocycles. The second kappa shape index (κ2) is 9.77. The molecule has 0 aliphatic carbocycles. The first kappa shape index (κ1) is 21.3. The van der Waals surface area contributed by atoms with Crippen LogP contribution >= 0.6 is 23.2 Å². The molecular formula is C21H24Cl2N2O2. The van der Waals surface area contributed by atoms with Gasteiger partial charge in [0, 0.05) is 13.6 Å². The Kier molecular flexibility index (Phi) is 7.69. The fraction of sp³-hybridized carbons (Fsp3) is 0.333. The molecule has 27 heavy (non-hydrogen) atoms. The van der Waals surface area contributed by atoms with E-state index in [9.17, 15) is 9.59 Å². The van der Waals surface area contributed by atoms with Crippen LogP contribution in [0.4, 0.5) is 0 Å². The quantitative estimate of drug-likeness (QED) is 0.740. The van der Waals surface area contributed by atoms with Crippen LogP contribution in [-0.4, -0.2) is 29.8 Å². The minimum absolute atomic E-state index is 0.132. The van der Waals surface area contributed by atoms with E-state index >= 15 is 0 Å². The maximum atomic E-state index is 13.1. The van der Waals surface area contributed by atoms with Crippen molar-refractivity contribution >= 4 is 35.0 Å². The average molecular weight is 407 g/mol. The van der Waals surface area contributed by atoms with Gasteiger partial charge >= 0.3 is 0 Å². The van der Waals surface area contributed by atoms with E-state index in [1.165, 1.54) is 0 Å². The zero-order valence-corrected chi connectivity index (χ0v) is 17.3. The van der Waals surface area contributed by atoms with Crippen LogP contribution in [-0.2, 0) is 22.6 Å². The number of aryl methyl sites for hydroxylation is 1. The van der Waals surface area contributed by atoms with E-state index in [1.54, 1.807) is 30.1 Å². The largest absolute Gasteiger partial charge is 0.357 e. The Morgan fingerprint density at radius 1 is 1.11 bits per heavy atom. The fourth-order valence-electron chi connectivity index (χ4n) is 2.98. The average Bonchev–Trinajstić information content (AvgIpc) is 2.65. The Morgan fingerprint density at radius 2 is 1.81 bits per heavy atom. The van der Waals surface area contributed by atoms with E-state index in [-0.39, 0.29) is 18.2 Å². The van der Waals surface area contributed by atoms with Gasteiger partial charge in [-0.25, -0.2) is 0 Å². The van der Waals surface area contributed by atoms with Crippen molar-refractivity contribution in [2.75, 3.05) is 7.05 Å². The molecule has 0 radical (unpaired) electrons. The predicted molar refractivity (Wildman–Crippen MR) is 110 cm³/mol. The van der Waals surface area contributed by atoms with Crippen molar-refractivity contribution < 1.29 is 9.59 Å². The van der Waals surface area contributed by atoms with E-state index in [0.29, 0.717) is 23.0 Å². The molecule has 0 aliphatic heterocycles. The van der Waals surface area contributed by atoms with Gasteiger partial charge in [-0.3, -0.25) is 9.59 Å². The lowest BCUT2D eigenvalue weighted by molar-refractivity contribution is -0.140. The highest BCUT2D eigenvalue weighted by atomic mass is 35.5. The third-order valence-corrected chi connectivity index (χ3v) is 5.31. The summed E-state index contributed by atoms with van der Waals surface area (Å²) < 4.78 is 0. The Hall–Kier alpha value is -2.04. The van der Waals surface area contributed by atoms with Gasteiger partial charge in [0.25, 0.3) is 0 Å². The summed E-state index contributed by atoms with van der Waals surface area (Å²) in [6, 6.07) is 12.5. The van der Waals surface area contributed by atoms with E-state index in [2.05, 4.69) is 5.32 Å². The molecule has 6 heteroatoms. The molecule has 4 nitrogen and oxygen atoms in total. The normalized spacial score (nSPS) is 11.7. The summed E-state index contributed by atoms with van der Waals surface area (Å²) in [6.07, 6.45) is 0.676. The van der Waals surface area contributed by atoms with Gasteiger partial charge < -0.3 is 10.2 Å². The molecule has 0 aliphatic rings. The van der Waals surface area contributed by atoms with Crippen LogP contribution < -0.4 is 5.32 Å². The van der Waals surface area contributed by atoms with Crippen LogP contribution in [0.1, 0.15) is 30.0 Å². The van der Waals surface area contributed by atoms with Crippen LogP contribution in [0.2, 0.25) is 10.0 Å². The highest BCUT2D eigenvalue weighted by molar-refractivity contribution is 6.42. The number of carbonyl (C=O) groups excluding carboxylic acids is 2. The summed E-state index contributed by atoms with van der Waals surface area (Å²) >= 11 is 12.0. The molecular weight excluding hydrogens is 383 g/mol. The van der Waals surface area contributed by atoms with Crippen molar-refractivity contribution in [2.24, 2.45) is 0 Å². The van der Waals surface area contributed by atoms with Gasteiger partial charge in [-0.15, -0.1) is 0 Å². The monoisotopic (exact) mass is 406 g/mol. The van der Waals surface area contributed by atoms with E-state index in [4.69, 9.17) is 23.2 Å². The van der Waals surface area contributed by atoms with E-state index in [0.717, 1.165) is 16.7 Å². The first-order chi connectivity index (χ1) is 12.9. The SMILES string of the molecule is CC[C@H](C(=O)NC)N(Cc1ccccc1C)C(=O)Cc1ccc(Cl)c(Cl)c1. The molecule has 0 heterocycles. The number of hydrogen-bond acceptors (Lipinski definition) is 2. The molecule has 2 aromatic rings. The van der Waals surface area contributed by atoms with Crippen LogP contribution in [0.25, 0.3) is 0 Å². The number of amides is 2. The Labute approximate surface area is 170 Å². The third kappa shape index (κ3) is 5.47. The molecule has 0 unspecified atom stereocenters. The van der Waals surface area contributed by atoms with Gasteiger partial charge in [0.1, 0.15) is 6.04 Å². The van der Waals surface area contributed by atoms with Crippen molar-refractivity contribution in [3.8, 4) is 0 Å². The second-order valence-corrected chi connectivity index (χ2v) is 7.23. The third-order valence-electron chi connectivity index (χ3n) is 4.57. The molecule has 2 aromatic carbocycles. The second-order valence-electron chi connectivity index (χ2n) is 6.41. The minimum Gasteiger partial charge on any atom is -0.357 e. The number of benzene rings is 2. The van der Waals surface area contributed by atoms with Crippen LogP contribution in [0, 0.1) is 6.92 Å². The molecule has 2 rings (SSSR count). The first-order valence-corrected chi connectivity index (χ1v) is 9.62. The minimum atomic E-state index is -0.537. The maximum Gasteiger partial charge on any atom is 0.242 e. The van der Waals surface area contributed by atoms with Crippen LogP contribution in [0.15, 0.2) is 42.5 Å². The first-order valence-electron chi connectivity index (χ1n) is 8.86. The molecule has 1 N–H and O–H groups in total. The summed E-state index contributed by atoms with van der Waals surface area (Å²) in [5, 5.41) is 3.51. The number of nitrogens with zero attached hydrogens (tertiary/aromatic N) is 1. The highest BCUT2D eigenvalue weighted by Crippen LogP contribution is 2.24. The topological polar surface area (TPSA) is 49.4 Å². The lowest BCUT2D eigenvalue weighted by atomic mass is 10.0. The Morgan fingerprint density at radius 3 is 2.41 bits per heavy atom. The van der Waals surface area contributed by atoms with E-state index in [1.807, 2.05) is 38.1 Å². The molecule has 1 atom stereocenters. The maximum absolute atomic E-state index is 13.1. The summed E-state index contributed by atoms with van der Waals surface area (Å²) in [5.74, 6) is -0.305. The zero-order valence-electron chi connectivity index (χ0n) is 15.8.